The van der Waals surface area contributed by atoms with Crippen LogP contribution in [0.3, 0.4) is 0 Å². The maximum absolute atomic E-state index is 12.2. The maximum Gasteiger partial charge on any atom is 0.389 e. The van der Waals surface area contributed by atoms with Crippen LogP contribution in [0.5, 0.6) is 0 Å². The van der Waals surface area contributed by atoms with Gasteiger partial charge in [0.2, 0.25) is 0 Å². The molecule has 5 heteroatoms. The number of aliphatic hydroxyl groups is 1. The van der Waals surface area contributed by atoms with E-state index in [1.807, 2.05) is 24.3 Å². The van der Waals surface area contributed by atoms with Gasteiger partial charge in [-0.1, -0.05) is 18.2 Å². The van der Waals surface area contributed by atoms with E-state index in [9.17, 15) is 18.3 Å². The van der Waals surface area contributed by atoms with Gasteiger partial charge in [-0.05, 0) is 44.2 Å². The number of fused-ring (bicyclic) bond motifs is 1. The van der Waals surface area contributed by atoms with Gasteiger partial charge in [-0.3, -0.25) is 0 Å². The maximum atomic E-state index is 12.2. The fraction of sp³-hybridized carbons (Fsp3) is 0.600. The molecule has 20 heavy (non-hydrogen) atoms. The lowest BCUT2D eigenvalue weighted by Crippen LogP contribution is -2.46. The highest BCUT2D eigenvalue weighted by molar-refractivity contribution is 5.54. The van der Waals surface area contributed by atoms with Crippen LogP contribution in [-0.2, 0) is 6.42 Å². The van der Waals surface area contributed by atoms with Crippen LogP contribution in [0.1, 0.15) is 38.2 Å². The van der Waals surface area contributed by atoms with Crippen LogP contribution in [0, 0.1) is 0 Å². The molecule has 2 N–H and O–H groups in total. The Morgan fingerprint density at radius 2 is 1.95 bits per heavy atom. The van der Waals surface area contributed by atoms with Crippen molar-refractivity contribution in [3.63, 3.8) is 0 Å². The third kappa shape index (κ3) is 3.88. The summed E-state index contributed by atoms with van der Waals surface area (Å²) in [7, 11) is 0. The molecule has 1 aliphatic heterocycles. The summed E-state index contributed by atoms with van der Waals surface area (Å²) in [5.74, 6) is 0. The molecule has 2 unspecified atom stereocenters. The number of para-hydroxylation sites is 1. The van der Waals surface area contributed by atoms with Crippen molar-refractivity contribution in [1.82, 2.24) is 0 Å². The number of benzene rings is 1. The van der Waals surface area contributed by atoms with Crippen molar-refractivity contribution < 1.29 is 18.3 Å². The molecular weight excluding hydrogens is 267 g/mol. The molecule has 0 radical (unpaired) electrons. The molecule has 1 heterocycles. The lowest BCUT2D eigenvalue weighted by atomic mass is 9.84. The van der Waals surface area contributed by atoms with Crippen molar-refractivity contribution in [3.8, 4) is 0 Å². The van der Waals surface area contributed by atoms with Crippen LogP contribution in [0.2, 0.25) is 0 Å². The topological polar surface area (TPSA) is 32.3 Å². The zero-order valence-corrected chi connectivity index (χ0v) is 11.5. The normalized spacial score (nSPS) is 21.8. The van der Waals surface area contributed by atoms with Crippen LogP contribution in [0.15, 0.2) is 24.3 Å². The standard InChI is InChI=1S/C15H20F3NO/c1-14(20,9-4-10-15(16,17)18)13-8-7-11-5-2-3-6-12(11)19-13/h2-3,5-6,13,19-20H,4,7-10H2,1H3. The quantitative estimate of drug-likeness (QED) is 0.880. The molecule has 0 fully saturated rings. The minimum Gasteiger partial charge on any atom is -0.388 e. The average molecular weight is 287 g/mol. The highest BCUT2D eigenvalue weighted by atomic mass is 19.4. The molecule has 1 aromatic carbocycles. The van der Waals surface area contributed by atoms with Crippen molar-refractivity contribution >= 4 is 5.69 Å². The predicted molar refractivity (Wildman–Crippen MR) is 72.7 cm³/mol. The predicted octanol–water partition coefficient (Wildman–Crippen LogP) is 3.90. The minimum absolute atomic E-state index is 0.0453. The van der Waals surface area contributed by atoms with E-state index in [-0.39, 0.29) is 18.9 Å². The molecule has 0 aromatic heterocycles. The fourth-order valence-electron chi connectivity index (χ4n) is 2.73. The number of aryl methyl sites for hydroxylation is 1. The lowest BCUT2D eigenvalue weighted by molar-refractivity contribution is -0.138. The highest BCUT2D eigenvalue weighted by Gasteiger charge is 2.35. The summed E-state index contributed by atoms with van der Waals surface area (Å²) < 4.78 is 36.5. The molecule has 0 saturated carbocycles. The van der Waals surface area contributed by atoms with Gasteiger partial charge >= 0.3 is 6.18 Å². The Balaban J connectivity index is 1.94. The number of alkyl halides is 3. The zero-order valence-electron chi connectivity index (χ0n) is 11.5. The Labute approximate surface area is 117 Å². The number of anilines is 1. The van der Waals surface area contributed by atoms with Gasteiger partial charge in [0, 0.05) is 12.1 Å². The van der Waals surface area contributed by atoms with Gasteiger partial charge in [-0.25, -0.2) is 0 Å². The summed E-state index contributed by atoms with van der Waals surface area (Å²) in [4.78, 5) is 0. The van der Waals surface area contributed by atoms with Gasteiger partial charge < -0.3 is 10.4 Å². The van der Waals surface area contributed by atoms with Gasteiger partial charge in [0.25, 0.3) is 0 Å². The van der Waals surface area contributed by atoms with Crippen molar-refractivity contribution in [1.29, 1.82) is 0 Å². The SMILES string of the molecule is CC(O)(CCCC(F)(F)F)C1CCc2ccccc2N1. The smallest absolute Gasteiger partial charge is 0.388 e. The van der Waals surface area contributed by atoms with E-state index in [1.165, 1.54) is 5.56 Å². The molecule has 2 atom stereocenters. The van der Waals surface area contributed by atoms with E-state index < -0.39 is 18.2 Å². The lowest BCUT2D eigenvalue weighted by Gasteiger charge is -2.38. The van der Waals surface area contributed by atoms with Crippen molar-refractivity contribution in [2.75, 3.05) is 5.32 Å². The zero-order chi connectivity index (χ0) is 14.8. The molecule has 1 aliphatic rings. The molecule has 0 spiro atoms. The largest absolute Gasteiger partial charge is 0.389 e. The molecule has 2 rings (SSSR count). The third-order valence-corrected chi connectivity index (χ3v) is 3.94. The Kier molecular flexibility index (Phi) is 4.28. The van der Waals surface area contributed by atoms with Crippen LogP contribution in [0.4, 0.5) is 18.9 Å². The third-order valence-electron chi connectivity index (χ3n) is 3.94. The van der Waals surface area contributed by atoms with E-state index in [2.05, 4.69) is 5.32 Å². The molecular formula is C15H20F3NO. The molecule has 112 valence electrons. The van der Waals surface area contributed by atoms with E-state index in [1.54, 1.807) is 6.92 Å². The Bertz CT molecular complexity index is 457. The summed E-state index contributed by atoms with van der Waals surface area (Å²) in [6.07, 6.45) is -3.32. The number of halogens is 3. The summed E-state index contributed by atoms with van der Waals surface area (Å²) >= 11 is 0. The van der Waals surface area contributed by atoms with Crippen LogP contribution in [0.25, 0.3) is 0 Å². The minimum atomic E-state index is -4.15. The first-order valence-corrected chi connectivity index (χ1v) is 6.91. The first-order chi connectivity index (χ1) is 9.28. The summed E-state index contributed by atoms with van der Waals surface area (Å²) in [6, 6.07) is 7.63. The van der Waals surface area contributed by atoms with Crippen LogP contribution < -0.4 is 5.32 Å². The van der Waals surface area contributed by atoms with E-state index in [0.717, 1.165) is 18.5 Å². The Morgan fingerprint density at radius 1 is 1.25 bits per heavy atom. The van der Waals surface area contributed by atoms with Crippen LogP contribution in [-0.4, -0.2) is 22.9 Å². The summed E-state index contributed by atoms with van der Waals surface area (Å²) in [6.45, 7) is 1.62. The number of nitrogens with one attached hydrogen (secondary N) is 1. The summed E-state index contributed by atoms with van der Waals surface area (Å²) in [5.41, 5.74) is 1.04. The Hall–Kier alpha value is -1.23. The van der Waals surface area contributed by atoms with Crippen LogP contribution >= 0.6 is 0 Å². The van der Waals surface area contributed by atoms with Gasteiger partial charge in [0.1, 0.15) is 0 Å². The van der Waals surface area contributed by atoms with Gasteiger partial charge in [0.15, 0.2) is 0 Å². The first-order valence-electron chi connectivity index (χ1n) is 6.91. The summed E-state index contributed by atoms with van der Waals surface area (Å²) in [5, 5.41) is 13.7. The molecule has 0 amide bonds. The molecule has 0 saturated heterocycles. The second-order valence-corrected chi connectivity index (χ2v) is 5.72. The molecule has 0 bridgehead atoms. The van der Waals surface area contributed by atoms with E-state index in [4.69, 9.17) is 0 Å². The van der Waals surface area contributed by atoms with Crippen molar-refractivity contribution in [3.05, 3.63) is 29.8 Å². The second kappa shape index (κ2) is 5.64. The number of rotatable bonds is 4. The van der Waals surface area contributed by atoms with E-state index >= 15 is 0 Å². The molecule has 2 nitrogen and oxygen atoms in total. The van der Waals surface area contributed by atoms with Crippen molar-refractivity contribution in [2.24, 2.45) is 0 Å². The first kappa shape index (κ1) is 15.2. The Morgan fingerprint density at radius 3 is 2.65 bits per heavy atom. The van der Waals surface area contributed by atoms with Gasteiger partial charge in [0.05, 0.1) is 11.6 Å². The van der Waals surface area contributed by atoms with E-state index in [0.29, 0.717) is 0 Å². The van der Waals surface area contributed by atoms with Crippen molar-refractivity contribution in [2.45, 2.75) is 56.8 Å². The van der Waals surface area contributed by atoms with Gasteiger partial charge in [-0.2, -0.15) is 13.2 Å². The molecule has 1 aromatic rings. The average Bonchev–Trinajstić information content (AvgIpc) is 2.36. The highest BCUT2D eigenvalue weighted by Crippen LogP contribution is 2.32. The molecule has 0 aliphatic carbocycles. The number of hydrogen-bond donors (Lipinski definition) is 2. The monoisotopic (exact) mass is 287 g/mol. The van der Waals surface area contributed by atoms with Gasteiger partial charge in [-0.15, -0.1) is 0 Å². The fourth-order valence-corrected chi connectivity index (χ4v) is 2.73. The second-order valence-electron chi connectivity index (χ2n) is 5.72. The number of hydrogen-bond acceptors (Lipinski definition) is 2.